The third-order valence-electron chi connectivity index (χ3n) is 4.51. The van der Waals surface area contributed by atoms with Crippen LogP contribution in [0.2, 0.25) is 0 Å². The number of rotatable bonds is 3. The van der Waals surface area contributed by atoms with Crippen LogP contribution in [0.15, 0.2) is 18.2 Å². The third-order valence-corrected chi connectivity index (χ3v) is 4.51. The Labute approximate surface area is 118 Å². The molecule has 2 rings (SSSR count). The molecule has 0 saturated carbocycles. The lowest BCUT2D eigenvalue weighted by Gasteiger charge is -2.48. The first kappa shape index (κ1) is 14.4. The fourth-order valence-corrected chi connectivity index (χ4v) is 3.20. The summed E-state index contributed by atoms with van der Waals surface area (Å²) in [6, 6.07) is 7.04. The largest absolute Gasteiger partial charge is 0.364 e. The zero-order valence-electron chi connectivity index (χ0n) is 12.9. The minimum Gasteiger partial charge on any atom is -0.364 e. The third kappa shape index (κ3) is 2.79. The average molecular weight is 260 g/mol. The number of hydrogen-bond donors (Lipinski definition) is 1. The number of benzene rings is 1. The summed E-state index contributed by atoms with van der Waals surface area (Å²) in [5.74, 6) is 0. The van der Waals surface area contributed by atoms with Crippen molar-refractivity contribution >= 4 is 5.69 Å². The molecule has 0 spiro atoms. The molecule has 106 valence electrons. The molecule has 1 aliphatic heterocycles. The van der Waals surface area contributed by atoms with E-state index in [1.165, 1.54) is 23.2 Å². The standard InChI is InChI=1S/C17H28N2/c1-5-13-8-7-9-14(6-2)16(13)19-12-15(18)10-11-17(19,3)4/h7-9,15H,5-6,10-12,18H2,1-4H3. The van der Waals surface area contributed by atoms with Gasteiger partial charge in [-0.3, -0.25) is 0 Å². The number of anilines is 1. The Balaban J connectivity index is 2.49. The maximum absolute atomic E-state index is 6.22. The summed E-state index contributed by atoms with van der Waals surface area (Å²) in [5.41, 5.74) is 10.8. The van der Waals surface area contributed by atoms with Crippen molar-refractivity contribution in [3.8, 4) is 0 Å². The van der Waals surface area contributed by atoms with Gasteiger partial charge < -0.3 is 10.6 Å². The molecule has 1 unspecified atom stereocenters. The Morgan fingerprint density at radius 3 is 2.32 bits per heavy atom. The molecule has 19 heavy (non-hydrogen) atoms. The molecule has 1 saturated heterocycles. The zero-order chi connectivity index (χ0) is 14.0. The zero-order valence-corrected chi connectivity index (χ0v) is 12.9. The van der Waals surface area contributed by atoms with Crippen molar-refractivity contribution in [3.63, 3.8) is 0 Å². The molecule has 0 aliphatic carbocycles. The Hall–Kier alpha value is -1.02. The van der Waals surface area contributed by atoms with Gasteiger partial charge in [-0.25, -0.2) is 0 Å². The van der Waals surface area contributed by atoms with Crippen LogP contribution in [0.25, 0.3) is 0 Å². The molecular weight excluding hydrogens is 232 g/mol. The molecule has 1 fully saturated rings. The number of para-hydroxylation sites is 1. The van der Waals surface area contributed by atoms with Gasteiger partial charge in [0.05, 0.1) is 0 Å². The van der Waals surface area contributed by atoms with E-state index in [1.807, 2.05) is 0 Å². The van der Waals surface area contributed by atoms with Crippen molar-refractivity contribution in [3.05, 3.63) is 29.3 Å². The summed E-state index contributed by atoms with van der Waals surface area (Å²) in [6.07, 6.45) is 4.49. The molecule has 1 aliphatic rings. The van der Waals surface area contributed by atoms with E-state index >= 15 is 0 Å². The number of nitrogens with two attached hydrogens (primary N) is 1. The smallest absolute Gasteiger partial charge is 0.0436 e. The molecular formula is C17H28N2. The molecule has 2 heteroatoms. The van der Waals surface area contributed by atoms with Crippen LogP contribution in [0.5, 0.6) is 0 Å². The second-order valence-corrected chi connectivity index (χ2v) is 6.35. The summed E-state index contributed by atoms with van der Waals surface area (Å²) in [7, 11) is 0. The molecule has 1 heterocycles. The van der Waals surface area contributed by atoms with Crippen molar-refractivity contribution in [1.82, 2.24) is 0 Å². The van der Waals surface area contributed by atoms with Gasteiger partial charge in [0, 0.05) is 23.8 Å². The lowest BCUT2D eigenvalue weighted by Crippen LogP contribution is -2.55. The lowest BCUT2D eigenvalue weighted by molar-refractivity contribution is 0.334. The maximum atomic E-state index is 6.22. The van der Waals surface area contributed by atoms with Crippen molar-refractivity contribution in [1.29, 1.82) is 0 Å². The number of piperidine rings is 1. The first-order valence-electron chi connectivity index (χ1n) is 7.63. The van der Waals surface area contributed by atoms with Gasteiger partial charge in [0.1, 0.15) is 0 Å². The van der Waals surface area contributed by atoms with Gasteiger partial charge in [0.25, 0.3) is 0 Å². The minimum atomic E-state index is 0.213. The average Bonchev–Trinajstić information content (AvgIpc) is 2.40. The van der Waals surface area contributed by atoms with E-state index in [1.54, 1.807) is 0 Å². The van der Waals surface area contributed by atoms with Crippen molar-refractivity contribution < 1.29 is 0 Å². The number of aryl methyl sites for hydroxylation is 2. The fourth-order valence-electron chi connectivity index (χ4n) is 3.20. The SMILES string of the molecule is CCc1cccc(CC)c1N1CC(N)CCC1(C)C. The van der Waals surface area contributed by atoms with E-state index < -0.39 is 0 Å². The highest BCUT2D eigenvalue weighted by atomic mass is 15.2. The van der Waals surface area contributed by atoms with Gasteiger partial charge in [0.2, 0.25) is 0 Å². The molecule has 0 amide bonds. The maximum Gasteiger partial charge on any atom is 0.0436 e. The van der Waals surface area contributed by atoms with Crippen LogP contribution in [-0.2, 0) is 12.8 Å². The first-order chi connectivity index (χ1) is 8.99. The molecule has 1 aromatic carbocycles. The second-order valence-electron chi connectivity index (χ2n) is 6.35. The van der Waals surface area contributed by atoms with Crippen LogP contribution in [-0.4, -0.2) is 18.1 Å². The molecule has 0 aromatic heterocycles. The minimum absolute atomic E-state index is 0.213. The van der Waals surface area contributed by atoms with Crippen molar-refractivity contribution in [2.24, 2.45) is 5.73 Å². The van der Waals surface area contributed by atoms with Gasteiger partial charge in [-0.05, 0) is 50.7 Å². The number of hydrogen-bond acceptors (Lipinski definition) is 2. The van der Waals surface area contributed by atoms with Gasteiger partial charge in [-0.1, -0.05) is 32.0 Å². The summed E-state index contributed by atoms with van der Waals surface area (Å²) >= 11 is 0. The van der Waals surface area contributed by atoms with E-state index in [0.717, 1.165) is 25.8 Å². The Morgan fingerprint density at radius 2 is 1.79 bits per heavy atom. The van der Waals surface area contributed by atoms with E-state index in [4.69, 9.17) is 5.73 Å². The quantitative estimate of drug-likeness (QED) is 0.901. The lowest BCUT2D eigenvalue weighted by atomic mass is 9.86. The monoisotopic (exact) mass is 260 g/mol. The van der Waals surface area contributed by atoms with Crippen molar-refractivity contribution in [2.45, 2.75) is 65.0 Å². The predicted molar refractivity (Wildman–Crippen MR) is 83.8 cm³/mol. The van der Waals surface area contributed by atoms with E-state index in [2.05, 4.69) is 50.8 Å². The van der Waals surface area contributed by atoms with E-state index in [-0.39, 0.29) is 5.54 Å². The van der Waals surface area contributed by atoms with Crippen LogP contribution in [0.1, 0.15) is 51.7 Å². The highest BCUT2D eigenvalue weighted by Crippen LogP contribution is 2.37. The summed E-state index contributed by atoms with van der Waals surface area (Å²) in [6.45, 7) is 10.2. The molecule has 1 aromatic rings. The Kier molecular flexibility index (Phi) is 4.19. The summed E-state index contributed by atoms with van der Waals surface area (Å²) < 4.78 is 0. The van der Waals surface area contributed by atoms with Crippen LogP contribution in [0.4, 0.5) is 5.69 Å². The van der Waals surface area contributed by atoms with Crippen LogP contribution >= 0.6 is 0 Å². The van der Waals surface area contributed by atoms with E-state index in [0.29, 0.717) is 6.04 Å². The summed E-state index contributed by atoms with van der Waals surface area (Å²) in [5, 5.41) is 0. The van der Waals surface area contributed by atoms with Gasteiger partial charge in [-0.15, -0.1) is 0 Å². The van der Waals surface area contributed by atoms with Crippen molar-refractivity contribution in [2.75, 3.05) is 11.4 Å². The molecule has 1 atom stereocenters. The van der Waals surface area contributed by atoms with Gasteiger partial charge >= 0.3 is 0 Å². The molecule has 0 radical (unpaired) electrons. The van der Waals surface area contributed by atoms with Crippen LogP contribution < -0.4 is 10.6 Å². The van der Waals surface area contributed by atoms with Gasteiger partial charge in [0.15, 0.2) is 0 Å². The molecule has 2 nitrogen and oxygen atoms in total. The number of nitrogens with zero attached hydrogens (tertiary/aromatic N) is 1. The Morgan fingerprint density at radius 1 is 1.21 bits per heavy atom. The fraction of sp³-hybridized carbons (Fsp3) is 0.647. The van der Waals surface area contributed by atoms with Crippen LogP contribution in [0, 0.1) is 0 Å². The summed E-state index contributed by atoms with van der Waals surface area (Å²) in [4.78, 5) is 2.57. The van der Waals surface area contributed by atoms with Crippen LogP contribution in [0.3, 0.4) is 0 Å². The normalized spacial score (nSPS) is 22.6. The van der Waals surface area contributed by atoms with E-state index in [9.17, 15) is 0 Å². The topological polar surface area (TPSA) is 29.3 Å². The Bertz CT molecular complexity index is 415. The van der Waals surface area contributed by atoms with Gasteiger partial charge in [-0.2, -0.15) is 0 Å². The molecule has 2 N–H and O–H groups in total. The molecule has 0 bridgehead atoms. The first-order valence-corrected chi connectivity index (χ1v) is 7.63. The highest BCUT2D eigenvalue weighted by Gasteiger charge is 2.34. The highest BCUT2D eigenvalue weighted by molar-refractivity contribution is 5.62. The second kappa shape index (κ2) is 5.54. The predicted octanol–water partition coefficient (Wildman–Crippen LogP) is 3.52.